The molecule has 15 heavy (non-hydrogen) atoms. The first-order chi connectivity index (χ1) is 7.24. The van der Waals surface area contributed by atoms with Crippen LogP contribution in [0.25, 0.3) is 0 Å². The van der Waals surface area contributed by atoms with Crippen molar-refractivity contribution in [2.75, 3.05) is 18.9 Å². The van der Waals surface area contributed by atoms with E-state index in [-0.39, 0.29) is 11.1 Å². The maximum absolute atomic E-state index is 11.0. The molecule has 4 nitrogen and oxygen atoms in total. The third-order valence-electron chi connectivity index (χ3n) is 2.14. The predicted molar refractivity (Wildman–Crippen MR) is 60.8 cm³/mol. The van der Waals surface area contributed by atoms with Gasteiger partial charge in [-0.3, -0.25) is 4.79 Å². The Morgan fingerprint density at radius 3 is 2.93 bits per heavy atom. The zero-order chi connectivity index (χ0) is 11.1. The van der Waals surface area contributed by atoms with Crippen LogP contribution in [0.1, 0.15) is 19.8 Å². The van der Waals surface area contributed by atoms with Gasteiger partial charge in [0.05, 0.1) is 12.3 Å². The molecule has 0 saturated heterocycles. The predicted octanol–water partition coefficient (Wildman–Crippen LogP) is 1.25. The summed E-state index contributed by atoms with van der Waals surface area (Å²) in [4.78, 5) is 11.0. The smallest absolute Gasteiger partial charge is 0.204 e. The van der Waals surface area contributed by atoms with Crippen molar-refractivity contribution in [3.05, 3.63) is 28.7 Å². The van der Waals surface area contributed by atoms with Crippen molar-refractivity contribution in [3.8, 4) is 0 Å². The molecule has 0 aromatic carbocycles. The molecule has 4 heteroatoms. The lowest BCUT2D eigenvalue weighted by molar-refractivity contribution is 0.123. The van der Waals surface area contributed by atoms with Gasteiger partial charge >= 0.3 is 0 Å². The van der Waals surface area contributed by atoms with Crippen molar-refractivity contribution in [1.29, 1.82) is 0 Å². The molecule has 84 valence electrons. The van der Waals surface area contributed by atoms with Crippen LogP contribution in [0.5, 0.6) is 0 Å². The van der Waals surface area contributed by atoms with Gasteiger partial charge in [0, 0.05) is 31.6 Å². The maximum atomic E-state index is 11.0. The number of nitrogens with zero attached hydrogens (tertiary/aromatic N) is 1. The number of nitrogens with two attached hydrogens (primary N) is 1. The molecule has 1 aromatic rings. The highest BCUT2D eigenvalue weighted by Crippen LogP contribution is 1.94. The second kappa shape index (κ2) is 6.24. The number of ether oxygens (including phenoxy) is 1. The van der Waals surface area contributed by atoms with Gasteiger partial charge in [-0.25, -0.2) is 0 Å². The summed E-state index contributed by atoms with van der Waals surface area (Å²) in [6.45, 7) is 4.31. The van der Waals surface area contributed by atoms with Crippen LogP contribution in [0.15, 0.2) is 23.3 Å². The lowest BCUT2D eigenvalue weighted by Gasteiger charge is -2.07. The Morgan fingerprint density at radius 1 is 1.47 bits per heavy atom. The molecule has 0 saturated carbocycles. The van der Waals surface area contributed by atoms with E-state index in [0.29, 0.717) is 6.61 Å². The van der Waals surface area contributed by atoms with Crippen molar-refractivity contribution in [3.63, 3.8) is 0 Å². The fourth-order valence-corrected chi connectivity index (χ4v) is 1.20. The minimum atomic E-state index is -0.127. The Morgan fingerprint density at radius 2 is 2.27 bits per heavy atom. The number of unbranched alkanes of at least 4 members (excludes halogenated alkanes) is 1. The lowest BCUT2D eigenvalue weighted by Crippen LogP contribution is -2.13. The Balaban J connectivity index is 2.32. The maximum Gasteiger partial charge on any atom is 0.204 e. The summed E-state index contributed by atoms with van der Waals surface area (Å²) in [5, 5.41) is 0. The third-order valence-corrected chi connectivity index (χ3v) is 2.14. The number of nitrogen functional groups attached to an aromatic ring is 1. The summed E-state index contributed by atoms with van der Waals surface area (Å²) in [6, 6.07) is 1.47. The topological polar surface area (TPSA) is 57.2 Å². The van der Waals surface area contributed by atoms with Crippen LogP contribution in [-0.4, -0.2) is 17.8 Å². The summed E-state index contributed by atoms with van der Waals surface area (Å²) in [5.74, 6) is 0. The molecule has 1 rings (SSSR count). The second-order valence-electron chi connectivity index (χ2n) is 3.47. The van der Waals surface area contributed by atoms with Crippen molar-refractivity contribution in [2.24, 2.45) is 0 Å². The number of hydrogen-bond donors (Lipinski definition) is 1. The molecule has 1 heterocycles. The standard InChI is InChI=1S/C11H18N2O2/c1-2-3-7-15-8-6-13-5-4-11(14)10(12)9-13/h4-5,9H,2-3,6-8,12H2,1H3. The summed E-state index contributed by atoms with van der Waals surface area (Å²) in [7, 11) is 0. The fourth-order valence-electron chi connectivity index (χ4n) is 1.20. The Kier molecular flexibility index (Phi) is 4.90. The van der Waals surface area contributed by atoms with E-state index in [4.69, 9.17) is 10.5 Å². The molecule has 0 unspecified atom stereocenters. The molecule has 0 aliphatic carbocycles. The molecule has 1 aromatic heterocycles. The largest absolute Gasteiger partial charge is 0.394 e. The molecule has 0 fully saturated rings. The molecule has 2 N–H and O–H groups in total. The molecule has 0 radical (unpaired) electrons. The lowest BCUT2D eigenvalue weighted by atomic mass is 10.4. The number of aromatic nitrogens is 1. The number of pyridine rings is 1. The normalized spacial score (nSPS) is 10.5. The quantitative estimate of drug-likeness (QED) is 0.719. The van der Waals surface area contributed by atoms with Crippen LogP contribution in [0, 0.1) is 0 Å². The first kappa shape index (κ1) is 11.8. The van der Waals surface area contributed by atoms with Gasteiger partial charge < -0.3 is 15.0 Å². The molecule has 0 spiro atoms. The molecule has 0 aliphatic rings. The van der Waals surface area contributed by atoms with Crippen LogP contribution in [0.2, 0.25) is 0 Å². The zero-order valence-corrected chi connectivity index (χ0v) is 9.11. The number of hydrogen-bond acceptors (Lipinski definition) is 3. The van der Waals surface area contributed by atoms with Gasteiger partial charge in [-0.2, -0.15) is 0 Å². The van der Waals surface area contributed by atoms with Crippen molar-refractivity contribution < 1.29 is 4.74 Å². The van der Waals surface area contributed by atoms with Crippen LogP contribution in [0.3, 0.4) is 0 Å². The van der Waals surface area contributed by atoms with Gasteiger partial charge in [-0.15, -0.1) is 0 Å². The van der Waals surface area contributed by atoms with Gasteiger partial charge in [0.15, 0.2) is 0 Å². The second-order valence-corrected chi connectivity index (χ2v) is 3.47. The minimum Gasteiger partial charge on any atom is -0.394 e. The molecular weight excluding hydrogens is 192 g/mol. The van der Waals surface area contributed by atoms with E-state index < -0.39 is 0 Å². The van der Waals surface area contributed by atoms with Crippen LogP contribution >= 0.6 is 0 Å². The summed E-state index contributed by atoms with van der Waals surface area (Å²) in [5.41, 5.74) is 5.66. The fraction of sp³-hybridized carbons (Fsp3) is 0.545. The van der Waals surface area contributed by atoms with Crippen LogP contribution in [0.4, 0.5) is 5.69 Å². The molecule has 0 amide bonds. The summed E-state index contributed by atoms with van der Waals surface area (Å²) in [6.07, 6.45) is 5.60. The number of rotatable bonds is 6. The van der Waals surface area contributed by atoms with E-state index in [2.05, 4.69) is 6.92 Å². The highest BCUT2D eigenvalue weighted by Gasteiger charge is 1.95. The monoisotopic (exact) mass is 210 g/mol. The van der Waals surface area contributed by atoms with Crippen LogP contribution in [-0.2, 0) is 11.3 Å². The number of anilines is 1. The summed E-state index contributed by atoms with van der Waals surface area (Å²) < 4.78 is 7.27. The molecule has 0 atom stereocenters. The van der Waals surface area contributed by atoms with Crippen molar-refractivity contribution >= 4 is 5.69 Å². The minimum absolute atomic E-state index is 0.127. The van der Waals surface area contributed by atoms with Gasteiger partial charge in [0.2, 0.25) is 5.43 Å². The summed E-state index contributed by atoms with van der Waals surface area (Å²) >= 11 is 0. The van der Waals surface area contributed by atoms with Crippen molar-refractivity contribution in [1.82, 2.24) is 4.57 Å². The van der Waals surface area contributed by atoms with E-state index in [0.717, 1.165) is 26.0 Å². The van der Waals surface area contributed by atoms with E-state index in [9.17, 15) is 4.79 Å². The van der Waals surface area contributed by atoms with E-state index >= 15 is 0 Å². The highest BCUT2D eigenvalue weighted by atomic mass is 16.5. The molecular formula is C11H18N2O2. The first-order valence-corrected chi connectivity index (χ1v) is 5.27. The average Bonchev–Trinajstić information content (AvgIpc) is 2.23. The Hall–Kier alpha value is -1.29. The molecule has 0 aliphatic heterocycles. The first-order valence-electron chi connectivity index (χ1n) is 5.27. The van der Waals surface area contributed by atoms with Gasteiger partial charge in [-0.05, 0) is 6.42 Å². The Bertz CT molecular complexity index is 347. The Labute approximate surface area is 89.7 Å². The van der Waals surface area contributed by atoms with Crippen molar-refractivity contribution in [2.45, 2.75) is 26.3 Å². The highest BCUT2D eigenvalue weighted by molar-refractivity contribution is 5.33. The van der Waals surface area contributed by atoms with Gasteiger partial charge in [0.25, 0.3) is 0 Å². The zero-order valence-electron chi connectivity index (χ0n) is 9.11. The molecule has 0 bridgehead atoms. The van der Waals surface area contributed by atoms with Crippen LogP contribution < -0.4 is 11.2 Å². The van der Waals surface area contributed by atoms with Gasteiger partial charge in [-0.1, -0.05) is 13.3 Å². The average molecular weight is 210 g/mol. The van der Waals surface area contributed by atoms with E-state index in [1.807, 2.05) is 4.57 Å². The van der Waals surface area contributed by atoms with E-state index in [1.165, 1.54) is 6.07 Å². The SMILES string of the molecule is CCCCOCCn1ccc(=O)c(N)c1. The van der Waals surface area contributed by atoms with Gasteiger partial charge in [0.1, 0.15) is 0 Å². The third kappa shape index (κ3) is 4.16. The van der Waals surface area contributed by atoms with E-state index in [1.54, 1.807) is 12.4 Å².